The first-order valence-corrected chi connectivity index (χ1v) is 7.42. The Balaban J connectivity index is 2.30. The van der Waals surface area contributed by atoms with Gasteiger partial charge in [-0.25, -0.2) is 0 Å². The standard InChI is InChI=1S/C19H25NO/c1-15-10-8-9-13-17(15)18(16-11-6-5-7-12-16)20-14-19(2,3)21-4/h5-13,18,20H,14H2,1-4H3. The van der Waals surface area contributed by atoms with Crippen molar-refractivity contribution in [2.24, 2.45) is 0 Å². The van der Waals surface area contributed by atoms with Crippen molar-refractivity contribution in [1.29, 1.82) is 0 Å². The molecule has 1 atom stereocenters. The number of benzene rings is 2. The van der Waals surface area contributed by atoms with Gasteiger partial charge in [-0.1, -0.05) is 54.6 Å². The van der Waals surface area contributed by atoms with E-state index in [9.17, 15) is 0 Å². The molecule has 0 saturated heterocycles. The molecule has 2 nitrogen and oxygen atoms in total. The van der Waals surface area contributed by atoms with Gasteiger partial charge in [0.2, 0.25) is 0 Å². The van der Waals surface area contributed by atoms with Gasteiger partial charge in [-0.3, -0.25) is 0 Å². The van der Waals surface area contributed by atoms with Gasteiger partial charge in [0.25, 0.3) is 0 Å². The molecular formula is C19H25NO. The van der Waals surface area contributed by atoms with Crippen molar-refractivity contribution in [1.82, 2.24) is 5.32 Å². The molecule has 0 amide bonds. The van der Waals surface area contributed by atoms with E-state index in [0.29, 0.717) is 0 Å². The van der Waals surface area contributed by atoms with E-state index in [4.69, 9.17) is 4.74 Å². The Hall–Kier alpha value is -1.64. The summed E-state index contributed by atoms with van der Waals surface area (Å²) in [4.78, 5) is 0. The van der Waals surface area contributed by atoms with Crippen LogP contribution < -0.4 is 5.32 Å². The normalized spacial score (nSPS) is 13.1. The third-order valence-corrected chi connectivity index (χ3v) is 3.92. The van der Waals surface area contributed by atoms with E-state index in [-0.39, 0.29) is 11.6 Å². The molecule has 0 spiro atoms. The van der Waals surface area contributed by atoms with E-state index in [0.717, 1.165) is 6.54 Å². The van der Waals surface area contributed by atoms with E-state index in [1.165, 1.54) is 16.7 Å². The zero-order chi connectivity index (χ0) is 15.3. The summed E-state index contributed by atoms with van der Waals surface area (Å²) in [5.74, 6) is 0. The van der Waals surface area contributed by atoms with Crippen LogP contribution in [0.5, 0.6) is 0 Å². The van der Waals surface area contributed by atoms with Gasteiger partial charge in [0.1, 0.15) is 0 Å². The molecule has 21 heavy (non-hydrogen) atoms. The van der Waals surface area contributed by atoms with E-state index >= 15 is 0 Å². The topological polar surface area (TPSA) is 21.3 Å². The third kappa shape index (κ3) is 4.16. The largest absolute Gasteiger partial charge is 0.377 e. The summed E-state index contributed by atoms with van der Waals surface area (Å²) in [6, 6.07) is 19.3. The van der Waals surface area contributed by atoms with Crippen LogP contribution in [0.4, 0.5) is 0 Å². The van der Waals surface area contributed by atoms with Crippen molar-refractivity contribution in [2.45, 2.75) is 32.4 Å². The maximum absolute atomic E-state index is 5.53. The van der Waals surface area contributed by atoms with Gasteiger partial charge in [0.05, 0.1) is 11.6 Å². The van der Waals surface area contributed by atoms with E-state index < -0.39 is 0 Å². The highest BCUT2D eigenvalue weighted by molar-refractivity contribution is 5.36. The van der Waals surface area contributed by atoms with E-state index in [1.807, 2.05) is 0 Å². The second-order valence-corrected chi connectivity index (χ2v) is 6.05. The molecule has 0 aromatic heterocycles. The lowest BCUT2D eigenvalue weighted by atomic mass is 9.94. The molecule has 0 aliphatic heterocycles. The molecule has 1 unspecified atom stereocenters. The van der Waals surface area contributed by atoms with Crippen LogP contribution in [0.15, 0.2) is 54.6 Å². The first kappa shape index (κ1) is 15.7. The number of rotatable bonds is 6. The molecule has 1 N–H and O–H groups in total. The molecule has 2 aromatic rings. The predicted octanol–water partition coefficient (Wildman–Crippen LogP) is 4.10. The van der Waals surface area contributed by atoms with Crippen LogP contribution in [-0.4, -0.2) is 19.3 Å². The quantitative estimate of drug-likeness (QED) is 0.862. The zero-order valence-corrected chi connectivity index (χ0v) is 13.4. The second-order valence-electron chi connectivity index (χ2n) is 6.05. The van der Waals surface area contributed by atoms with Crippen LogP contribution in [0, 0.1) is 6.92 Å². The molecule has 2 heteroatoms. The molecule has 0 radical (unpaired) electrons. The summed E-state index contributed by atoms with van der Waals surface area (Å²) >= 11 is 0. The third-order valence-electron chi connectivity index (χ3n) is 3.92. The maximum Gasteiger partial charge on any atom is 0.0746 e. The number of nitrogens with one attached hydrogen (secondary N) is 1. The van der Waals surface area contributed by atoms with Crippen molar-refractivity contribution in [3.63, 3.8) is 0 Å². The maximum atomic E-state index is 5.53. The molecule has 0 saturated carbocycles. The molecular weight excluding hydrogens is 258 g/mol. The minimum Gasteiger partial charge on any atom is -0.377 e. The van der Waals surface area contributed by atoms with Gasteiger partial charge in [-0.2, -0.15) is 0 Å². The fourth-order valence-corrected chi connectivity index (χ4v) is 2.38. The Kier molecular flexibility index (Phi) is 5.16. The van der Waals surface area contributed by atoms with Gasteiger partial charge >= 0.3 is 0 Å². The molecule has 2 aromatic carbocycles. The number of aryl methyl sites for hydroxylation is 1. The molecule has 0 aliphatic rings. The number of ether oxygens (including phenoxy) is 1. The molecule has 2 rings (SSSR count). The lowest BCUT2D eigenvalue weighted by molar-refractivity contribution is 0.0219. The average Bonchev–Trinajstić information content (AvgIpc) is 2.50. The molecule has 0 aliphatic carbocycles. The lowest BCUT2D eigenvalue weighted by Crippen LogP contribution is -2.39. The van der Waals surface area contributed by atoms with Gasteiger partial charge < -0.3 is 10.1 Å². The summed E-state index contributed by atoms with van der Waals surface area (Å²) in [5.41, 5.74) is 3.71. The van der Waals surface area contributed by atoms with Gasteiger partial charge in [-0.05, 0) is 37.5 Å². The van der Waals surface area contributed by atoms with Crippen LogP contribution >= 0.6 is 0 Å². The Bertz CT molecular complexity index is 563. The second kappa shape index (κ2) is 6.88. The van der Waals surface area contributed by atoms with Crippen LogP contribution in [0.2, 0.25) is 0 Å². The van der Waals surface area contributed by atoms with E-state index in [1.54, 1.807) is 7.11 Å². The van der Waals surface area contributed by atoms with Gasteiger partial charge in [0, 0.05) is 13.7 Å². The zero-order valence-electron chi connectivity index (χ0n) is 13.4. The molecule has 0 fully saturated rings. The average molecular weight is 283 g/mol. The van der Waals surface area contributed by atoms with Crippen molar-refractivity contribution >= 4 is 0 Å². The van der Waals surface area contributed by atoms with Crippen LogP contribution in [0.1, 0.15) is 36.6 Å². The van der Waals surface area contributed by atoms with Gasteiger partial charge in [0.15, 0.2) is 0 Å². The van der Waals surface area contributed by atoms with Crippen molar-refractivity contribution in [3.05, 3.63) is 71.3 Å². The fourth-order valence-electron chi connectivity index (χ4n) is 2.38. The summed E-state index contributed by atoms with van der Waals surface area (Å²) in [6.07, 6.45) is 0. The van der Waals surface area contributed by atoms with Crippen molar-refractivity contribution in [2.75, 3.05) is 13.7 Å². The SMILES string of the molecule is COC(C)(C)CNC(c1ccccc1)c1ccccc1C. The van der Waals surface area contributed by atoms with Crippen LogP contribution in [0.25, 0.3) is 0 Å². The number of methoxy groups -OCH3 is 1. The number of hydrogen-bond acceptors (Lipinski definition) is 2. The fraction of sp³-hybridized carbons (Fsp3) is 0.368. The predicted molar refractivity (Wildman–Crippen MR) is 88.6 cm³/mol. The van der Waals surface area contributed by atoms with Crippen molar-refractivity contribution in [3.8, 4) is 0 Å². The smallest absolute Gasteiger partial charge is 0.0746 e. The minimum atomic E-state index is -0.185. The first-order chi connectivity index (χ1) is 10.0. The summed E-state index contributed by atoms with van der Waals surface area (Å²) < 4.78 is 5.53. The van der Waals surface area contributed by atoms with E-state index in [2.05, 4.69) is 80.7 Å². The highest BCUT2D eigenvalue weighted by Crippen LogP contribution is 2.25. The van der Waals surface area contributed by atoms with Crippen molar-refractivity contribution < 1.29 is 4.74 Å². The minimum absolute atomic E-state index is 0.182. The highest BCUT2D eigenvalue weighted by atomic mass is 16.5. The molecule has 112 valence electrons. The first-order valence-electron chi connectivity index (χ1n) is 7.42. The Morgan fingerprint density at radius 1 is 1.00 bits per heavy atom. The highest BCUT2D eigenvalue weighted by Gasteiger charge is 2.21. The summed E-state index contributed by atoms with van der Waals surface area (Å²) in [6.45, 7) is 7.14. The Morgan fingerprint density at radius 3 is 2.24 bits per heavy atom. The number of hydrogen-bond donors (Lipinski definition) is 1. The Morgan fingerprint density at radius 2 is 1.62 bits per heavy atom. The van der Waals surface area contributed by atoms with Crippen LogP contribution in [0.3, 0.4) is 0 Å². The Labute approximate surface area is 128 Å². The van der Waals surface area contributed by atoms with Gasteiger partial charge in [-0.15, -0.1) is 0 Å². The van der Waals surface area contributed by atoms with Crippen LogP contribution in [-0.2, 0) is 4.74 Å². The summed E-state index contributed by atoms with van der Waals surface area (Å²) in [7, 11) is 1.76. The molecule has 0 heterocycles. The summed E-state index contributed by atoms with van der Waals surface area (Å²) in [5, 5.41) is 3.66. The lowest BCUT2D eigenvalue weighted by Gasteiger charge is -2.28. The molecule has 0 bridgehead atoms. The monoisotopic (exact) mass is 283 g/mol.